The van der Waals surface area contributed by atoms with Crippen LogP contribution < -0.4 is 0 Å². The van der Waals surface area contributed by atoms with Gasteiger partial charge in [-0.3, -0.25) is 4.79 Å². The van der Waals surface area contributed by atoms with E-state index in [9.17, 15) is 9.90 Å². The maximum Gasteiger partial charge on any atom is 0.280 e. The van der Waals surface area contributed by atoms with Gasteiger partial charge in [0.2, 0.25) is 0 Å². The van der Waals surface area contributed by atoms with E-state index in [0.717, 1.165) is 31.2 Å². The molecule has 3 saturated heterocycles. The molecule has 3 aliphatic heterocycles. The molecule has 5 nitrogen and oxygen atoms in total. The molecule has 134 valence electrons. The molecule has 1 aromatic rings. The van der Waals surface area contributed by atoms with Gasteiger partial charge < -0.3 is 19.3 Å². The molecule has 2 aliphatic carbocycles. The summed E-state index contributed by atoms with van der Waals surface area (Å²) in [4.78, 5) is 12.7. The Hall–Kier alpha value is -1.27. The minimum absolute atomic E-state index is 0.00707. The topological polar surface area (TPSA) is 65.0 Å². The molecule has 5 heteroatoms. The Kier molecular flexibility index (Phi) is 3.42. The molecule has 7 atom stereocenters. The Morgan fingerprint density at radius 3 is 2.48 bits per heavy atom. The van der Waals surface area contributed by atoms with E-state index < -0.39 is 23.6 Å². The monoisotopic (exact) mass is 344 g/mol. The highest BCUT2D eigenvalue weighted by Crippen LogP contribution is 2.58. The van der Waals surface area contributed by atoms with Gasteiger partial charge in [-0.25, -0.2) is 0 Å². The van der Waals surface area contributed by atoms with Crippen molar-refractivity contribution in [2.45, 2.75) is 68.9 Å². The summed E-state index contributed by atoms with van der Waals surface area (Å²) in [5.41, 5.74) is 0.377. The lowest BCUT2D eigenvalue weighted by Crippen LogP contribution is -2.69. The van der Waals surface area contributed by atoms with Gasteiger partial charge in [0.25, 0.3) is 5.97 Å². The third kappa shape index (κ3) is 2.40. The molecule has 0 amide bonds. The second kappa shape index (κ2) is 5.36. The van der Waals surface area contributed by atoms with Gasteiger partial charge in [-0.2, -0.15) is 0 Å². The zero-order valence-electron chi connectivity index (χ0n) is 14.4. The average Bonchev–Trinajstić information content (AvgIpc) is 2.95. The summed E-state index contributed by atoms with van der Waals surface area (Å²) >= 11 is 0. The molecule has 2 unspecified atom stereocenters. The molecule has 2 saturated carbocycles. The van der Waals surface area contributed by atoms with Crippen molar-refractivity contribution in [1.82, 2.24) is 0 Å². The van der Waals surface area contributed by atoms with Gasteiger partial charge in [0, 0.05) is 38.5 Å². The first-order valence-electron chi connectivity index (χ1n) is 9.30. The number of aliphatic hydroxyl groups excluding tert-OH is 1. The van der Waals surface area contributed by atoms with Crippen molar-refractivity contribution in [2.75, 3.05) is 0 Å². The first-order chi connectivity index (χ1) is 12.0. The van der Waals surface area contributed by atoms with Crippen LogP contribution in [-0.4, -0.2) is 34.7 Å². The van der Waals surface area contributed by atoms with Crippen LogP contribution in [0.15, 0.2) is 30.3 Å². The van der Waals surface area contributed by atoms with E-state index in [-0.39, 0.29) is 23.9 Å². The number of Topliss-reactive ketones (excluding diaryl/α,β-unsaturated/α-hetero) is 1. The second-order valence-corrected chi connectivity index (χ2v) is 8.15. The molecule has 0 aromatic heterocycles. The number of aliphatic hydroxyl groups is 1. The molecular formula is C20H24O5. The molecule has 5 aliphatic rings. The number of ether oxygens (including phenoxy) is 3. The summed E-state index contributed by atoms with van der Waals surface area (Å²) in [5.74, 6) is -1.26. The van der Waals surface area contributed by atoms with Crippen molar-refractivity contribution in [1.29, 1.82) is 0 Å². The Morgan fingerprint density at radius 2 is 1.84 bits per heavy atom. The fourth-order valence-electron chi connectivity index (χ4n) is 5.72. The molecule has 1 aromatic carbocycles. The van der Waals surface area contributed by atoms with Crippen LogP contribution in [-0.2, 0) is 19.0 Å². The van der Waals surface area contributed by atoms with E-state index in [4.69, 9.17) is 14.2 Å². The van der Waals surface area contributed by atoms with E-state index in [1.54, 1.807) is 0 Å². The highest BCUT2D eigenvalue weighted by Gasteiger charge is 2.64. The molecule has 4 bridgehead atoms. The summed E-state index contributed by atoms with van der Waals surface area (Å²) in [7, 11) is 0. The Bertz CT molecular complexity index is 673. The molecule has 5 fully saturated rings. The number of rotatable bonds is 3. The van der Waals surface area contributed by atoms with Crippen molar-refractivity contribution in [3.63, 3.8) is 0 Å². The van der Waals surface area contributed by atoms with Gasteiger partial charge in [0.05, 0.1) is 29.8 Å². The number of carbonyl (C=O) groups is 1. The minimum atomic E-state index is -1.00. The van der Waals surface area contributed by atoms with E-state index in [1.165, 1.54) is 0 Å². The summed E-state index contributed by atoms with van der Waals surface area (Å²) in [6, 6.07) is 9.50. The molecule has 0 radical (unpaired) electrons. The van der Waals surface area contributed by atoms with Gasteiger partial charge in [0.1, 0.15) is 5.78 Å². The fourth-order valence-corrected chi connectivity index (χ4v) is 5.72. The lowest BCUT2D eigenvalue weighted by molar-refractivity contribution is -0.515. The molecule has 1 N–H and O–H groups in total. The third-order valence-corrected chi connectivity index (χ3v) is 6.49. The van der Waals surface area contributed by atoms with Crippen molar-refractivity contribution in [2.24, 2.45) is 11.8 Å². The van der Waals surface area contributed by atoms with Crippen LogP contribution in [0.4, 0.5) is 0 Å². The van der Waals surface area contributed by atoms with E-state index in [1.807, 2.05) is 37.3 Å². The summed E-state index contributed by atoms with van der Waals surface area (Å²) < 4.78 is 18.2. The normalized spacial score (nSPS) is 46.6. The summed E-state index contributed by atoms with van der Waals surface area (Å²) in [6.07, 6.45) is 3.21. The van der Waals surface area contributed by atoms with E-state index in [2.05, 4.69) is 0 Å². The highest BCUT2D eigenvalue weighted by molar-refractivity contribution is 5.84. The Morgan fingerprint density at radius 1 is 1.16 bits per heavy atom. The Balaban J connectivity index is 1.49. The van der Waals surface area contributed by atoms with Crippen molar-refractivity contribution >= 4 is 5.78 Å². The fraction of sp³-hybridized carbons (Fsp3) is 0.650. The number of hydrogen-bond acceptors (Lipinski definition) is 5. The van der Waals surface area contributed by atoms with Gasteiger partial charge in [0.15, 0.2) is 0 Å². The lowest BCUT2D eigenvalue weighted by Gasteiger charge is -2.62. The first kappa shape index (κ1) is 15.9. The molecule has 0 spiro atoms. The lowest BCUT2D eigenvalue weighted by atomic mass is 9.66. The van der Waals surface area contributed by atoms with Crippen molar-refractivity contribution in [3.05, 3.63) is 35.9 Å². The molecule has 6 rings (SSSR count). The predicted octanol–water partition coefficient (Wildman–Crippen LogP) is 2.73. The Labute approximate surface area is 147 Å². The number of ketones is 1. The molecule has 25 heavy (non-hydrogen) atoms. The summed E-state index contributed by atoms with van der Waals surface area (Å²) in [6.45, 7) is 1.83. The zero-order chi connectivity index (χ0) is 17.2. The van der Waals surface area contributed by atoms with Crippen LogP contribution in [0.5, 0.6) is 0 Å². The standard InChI is InChI=1S/C20H24O5/c1-19-23-13-9-14(24-19)11-20(10-13,25-19)15-7-8-16(21)17(15)18(22)12-5-3-2-4-6-12/h2-6,13-15,17-18,22H,7-11H2,1H3/t13-,14+,15-,17+,18-,19?,20?/m1/s1. The van der Waals surface area contributed by atoms with Crippen LogP contribution >= 0.6 is 0 Å². The van der Waals surface area contributed by atoms with Crippen LogP contribution in [0, 0.1) is 11.8 Å². The summed E-state index contributed by atoms with van der Waals surface area (Å²) in [5, 5.41) is 11.0. The first-order valence-corrected chi connectivity index (χ1v) is 9.30. The number of hydrogen-bond donors (Lipinski definition) is 1. The number of carbonyl (C=O) groups excluding carboxylic acids is 1. The van der Waals surface area contributed by atoms with Gasteiger partial charge in [-0.05, 0) is 12.0 Å². The SMILES string of the molecule is CC12O[C@@H]3C[C@@H](CC([C@@H]4CCC(=O)[C@H]4[C@H](O)c4ccccc4)(C3)O1)O2. The zero-order valence-corrected chi connectivity index (χ0v) is 14.4. The van der Waals surface area contributed by atoms with Gasteiger partial charge >= 0.3 is 0 Å². The van der Waals surface area contributed by atoms with Crippen molar-refractivity contribution < 1.29 is 24.1 Å². The van der Waals surface area contributed by atoms with Crippen LogP contribution in [0.3, 0.4) is 0 Å². The molecule has 3 heterocycles. The third-order valence-electron chi connectivity index (χ3n) is 6.49. The quantitative estimate of drug-likeness (QED) is 0.913. The average molecular weight is 344 g/mol. The van der Waals surface area contributed by atoms with Crippen molar-refractivity contribution in [3.8, 4) is 0 Å². The van der Waals surface area contributed by atoms with E-state index >= 15 is 0 Å². The number of benzene rings is 1. The van der Waals surface area contributed by atoms with Gasteiger partial charge in [-0.15, -0.1) is 0 Å². The maximum absolute atomic E-state index is 12.7. The second-order valence-electron chi connectivity index (χ2n) is 8.15. The van der Waals surface area contributed by atoms with Gasteiger partial charge in [-0.1, -0.05) is 30.3 Å². The highest BCUT2D eigenvalue weighted by atomic mass is 16.9. The minimum Gasteiger partial charge on any atom is -0.388 e. The largest absolute Gasteiger partial charge is 0.388 e. The van der Waals surface area contributed by atoms with Crippen LogP contribution in [0.25, 0.3) is 0 Å². The van der Waals surface area contributed by atoms with Crippen LogP contribution in [0.1, 0.15) is 50.7 Å². The van der Waals surface area contributed by atoms with E-state index in [0.29, 0.717) is 6.42 Å². The maximum atomic E-state index is 12.7. The smallest absolute Gasteiger partial charge is 0.280 e. The molecular weight excluding hydrogens is 320 g/mol. The van der Waals surface area contributed by atoms with Crippen LogP contribution in [0.2, 0.25) is 0 Å². The predicted molar refractivity (Wildman–Crippen MR) is 88.4 cm³/mol.